The van der Waals surface area contributed by atoms with Crippen LogP contribution in [-0.4, -0.2) is 20.3 Å². The molecular weight excluding hydrogens is 192 g/mol. The lowest BCUT2D eigenvalue weighted by atomic mass is 10.1. The van der Waals surface area contributed by atoms with Crippen molar-refractivity contribution in [3.05, 3.63) is 22.9 Å². The molecule has 0 saturated carbocycles. The third kappa shape index (κ3) is 2.72. The normalized spacial score (nSPS) is 13.8. The van der Waals surface area contributed by atoms with E-state index in [-0.39, 0.29) is 17.6 Å². The molecule has 1 atom stereocenters. The van der Waals surface area contributed by atoms with Crippen LogP contribution in [0.3, 0.4) is 0 Å². The van der Waals surface area contributed by atoms with Gasteiger partial charge in [-0.15, -0.1) is 0 Å². The number of hydrogen-bond donors (Lipinski definition) is 1. The number of aliphatic hydroxyl groups excluding tert-OH is 1. The fraction of sp³-hybridized carbons (Fsp3) is 0.727. The van der Waals surface area contributed by atoms with Gasteiger partial charge in [-0.05, 0) is 19.8 Å². The molecule has 15 heavy (non-hydrogen) atoms. The van der Waals surface area contributed by atoms with Crippen LogP contribution >= 0.6 is 0 Å². The van der Waals surface area contributed by atoms with Crippen molar-refractivity contribution in [3.8, 4) is 0 Å². The minimum absolute atomic E-state index is 0.0512. The summed E-state index contributed by atoms with van der Waals surface area (Å²) in [7, 11) is 0. The molecular formula is C11H20N2O2. The molecule has 0 aromatic carbocycles. The Labute approximate surface area is 90.2 Å². The van der Waals surface area contributed by atoms with Crippen molar-refractivity contribution in [2.75, 3.05) is 0 Å². The quantitative estimate of drug-likeness (QED) is 0.816. The topological polar surface area (TPSA) is 47.2 Å². The summed E-state index contributed by atoms with van der Waals surface area (Å²) in [6.07, 6.45) is 3.03. The minimum Gasteiger partial charge on any atom is -0.391 e. The van der Waals surface area contributed by atoms with E-state index in [4.69, 9.17) is 0 Å². The average molecular weight is 212 g/mol. The smallest absolute Gasteiger partial charge is 0.328 e. The van der Waals surface area contributed by atoms with Crippen LogP contribution in [0.2, 0.25) is 0 Å². The van der Waals surface area contributed by atoms with Crippen LogP contribution in [0.4, 0.5) is 0 Å². The highest BCUT2D eigenvalue weighted by Crippen LogP contribution is 2.04. The summed E-state index contributed by atoms with van der Waals surface area (Å²) in [5, 5.41) is 9.68. The van der Waals surface area contributed by atoms with Gasteiger partial charge in [0.25, 0.3) is 0 Å². The Balaban J connectivity index is 2.84. The maximum atomic E-state index is 11.8. The summed E-state index contributed by atoms with van der Waals surface area (Å²) >= 11 is 0. The number of aliphatic hydroxyl groups is 1. The monoisotopic (exact) mass is 212 g/mol. The molecule has 0 fully saturated rings. The largest absolute Gasteiger partial charge is 0.391 e. The Morgan fingerprint density at radius 3 is 2.27 bits per heavy atom. The standard InChI is InChI=1S/C11H20N2O2/c1-8(2)10(14)7-12-5-6-13(9(3)4)11(12)15/h5-6,8-10,14H,7H2,1-4H3. The van der Waals surface area contributed by atoms with Crippen LogP contribution in [0.25, 0.3) is 0 Å². The van der Waals surface area contributed by atoms with E-state index in [0.29, 0.717) is 6.54 Å². The molecule has 0 aliphatic heterocycles. The molecule has 4 nitrogen and oxygen atoms in total. The summed E-state index contributed by atoms with van der Waals surface area (Å²) in [4.78, 5) is 11.8. The van der Waals surface area contributed by atoms with Crippen LogP contribution in [-0.2, 0) is 6.54 Å². The third-order valence-electron chi connectivity index (χ3n) is 2.58. The van der Waals surface area contributed by atoms with Gasteiger partial charge in [-0.25, -0.2) is 4.79 Å². The lowest BCUT2D eigenvalue weighted by Gasteiger charge is -2.14. The van der Waals surface area contributed by atoms with Crippen molar-refractivity contribution in [2.45, 2.75) is 46.4 Å². The van der Waals surface area contributed by atoms with Crippen LogP contribution in [0.5, 0.6) is 0 Å². The number of imidazole rings is 1. The van der Waals surface area contributed by atoms with E-state index in [9.17, 15) is 9.90 Å². The fourth-order valence-corrected chi connectivity index (χ4v) is 1.37. The zero-order valence-electron chi connectivity index (χ0n) is 9.84. The summed E-state index contributed by atoms with van der Waals surface area (Å²) in [6.45, 7) is 8.18. The Morgan fingerprint density at radius 1 is 1.27 bits per heavy atom. The van der Waals surface area contributed by atoms with E-state index < -0.39 is 6.10 Å². The highest BCUT2D eigenvalue weighted by atomic mass is 16.3. The van der Waals surface area contributed by atoms with Gasteiger partial charge >= 0.3 is 5.69 Å². The molecule has 86 valence electrons. The SMILES string of the molecule is CC(C)C(O)Cn1ccn(C(C)C)c1=O. The third-order valence-corrected chi connectivity index (χ3v) is 2.58. The Hall–Kier alpha value is -1.03. The van der Waals surface area contributed by atoms with Crippen molar-refractivity contribution in [1.82, 2.24) is 9.13 Å². The summed E-state index contributed by atoms with van der Waals surface area (Å²) in [5.41, 5.74) is -0.0512. The second-order valence-corrected chi connectivity index (χ2v) is 4.55. The summed E-state index contributed by atoms with van der Waals surface area (Å²) in [6, 6.07) is 0.162. The van der Waals surface area contributed by atoms with E-state index in [0.717, 1.165) is 0 Å². The van der Waals surface area contributed by atoms with Crippen LogP contribution < -0.4 is 5.69 Å². The van der Waals surface area contributed by atoms with Gasteiger partial charge in [-0.3, -0.25) is 9.13 Å². The first-order valence-electron chi connectivity index (χ1n) is 5.38. The first kappa shape index (κ1) is 12.0. The van der Waals surface area contributed by atoms with Gasteiger partial charge in [-0.1, -0.05) is 13.8 Å². The summed E-state index contributed by atoms with van der Waals surface area (Å²) in [5.74, 6) is 0.166. The Bertz CT molecular complexity index is 363. The zero-order chi connectivity index (χ0) is 11.6. The second kappa shape index (κ2) is 4.66. The predicted octanol–water partition coefficient (Wildman–Crippen LogP) is 1.25. The molecule has 0 aliphatic rings. The highest BCUT2D eigenvalue weighted by molar-refractivity contribution is 4.84. The maximum Gasteiger partial charge on any atom is 0.328 e. The van der Waals surface area contributed by atoms with E-state index in [1.165, 1.54) is 0 Å². The van der Waals surface area contributed by atoms with Crippen molar-refractivity contribution < 1.29 is 5.11 Å². The summed E-state index contributed by atoms with van der Waals surface area (Å²) < 4.78 is 3.22. The van der Waals surface area contributed by atoms with Gasteiger partial charge in [-0.2, -0.15) is 0 Å². The molecule has 1 heterocycles. The van der Waals surface area contributed by atoms with Crippen LogP contribution in [0.1, 0.15) is 33.7 Å². The van der Waals surface area contributed by atoms with Crippen molar-refractivity contribution in [3.63, 3.8) is 0 Å². The lowest BCUT2D eigenvalue weighted by Crippen LogP contribution is -2.31. The molecule has 0 bridgehead atoms. The van der Waals surface area contributed by atoms with Crippen LogP contribution in [0, 0.1) is 5.92 Å². The first-order chi connectivity index (χ1) is 6.93. The van der Waals surface area contributed by atoms with Gasteiger partial charge in [0.15, 0.2) is 0 Å². The number of nitrogens with zero attached hydrogens (tertiary/aromatic N) is 2. The molecule has 1 N–H and O–H groups in total. The number of hydrogen-bond acceptors (Lipinski definition) is 2. The Kier molecular flexibility index (Phi) is 3.74. The molecule has 1 rings (SSSR count). The maximum absolute atomic E-state index is 11.8. The lowest BCUT2D eigenvalue weighted by molar-refractivity contribution is 0.105. The average Bonchev–Trinajstić information content (AvgIpc) is 2.48. The molecule has 0 radical (unpaired) electrons. The molecule has 1 aromatic rings. The number of aromatic nitrogens is 2. The molecule has 1 aromatic heterocycles. The zero-order valence-corrected chi connectivity index (χ0v) is 9.84. The van der Waals surface area contributed by atoms with E-state index in [1.807, 2.05) is 27.7 Å². The first-order valence-corrected chi connectivity index (χ1v) is 5.38. The molecule has 1 unspecified atom stereocenters. The molecule has 4 heteroatoms. The van der Waals surface area contributed by atoms with Crippen LogP contribution in [0.15, 0.2) is 17.2 Å². The van der Waals surface area contributed by atoms with E-state index in [2.05, 4.69) is 0 Å². The second-order valence-electron chi connectivity index (χ2n) is 4.55. The highest BCUT2D eigenvalue weighted by Gasteiger charge is 2.13. The van der Waals surface area contributed by atoms with Crippen molar-refractivity contribution in [2.24, 2.45) is 5.92 Å². The van der Waals surface area contributed by atoms with Gasteiger partial charge in [0.1, 0.15) is 0 Å². The van der Waals surface area contributed by atoms with E-state index >= 15 is 0 Å². The molecule has 0 saturated heterocycles. The minimum atomic E-state index is -0.467. The molecule has 0 spiro atoms. The van der Waals surface area contributed by atoms with Gasteiger partial charge < -0.3 is 5.11 Å². The molecule has 0 amide bonds. The van der Waals surface area contributed by atoms with E-state index in [1.54, 1.807) is 21.5 Å². The van der Waals surface area contributed by atoms with Gasteiger partial charge in [0, 0.05) is 18.4 Å². The number of rotatable bonds is 4. The molecule has 0 aliphatic carbocycles. The van der Waals surface area contributed by atoms with Gasteiger partial charge in [0.05, 0.1) is 12.6 Å². The van der Waals surface area contributed by atoms with Gasteiger partial charge in [0.2, 0.25) is 0 Å². The van der Waals surface area contributed by atoms with Crippen molar-refractivity contribution in [1.29, 1.82) is 0 Å². The predicted molar refractivity (Wildman–Crippen MR) is 59.9 cm³/mol. The Morgan fingerprint density at radius 2 is 1.87 bits per heavy atom. The fourth-order valence-electron chi connectivity index (χ4n) is 1.37. The van der Waals surface area contributed by atoms with Crippen molar-refractivity contribution >= 4 is 0 Å².